The van der Waals surface area contributed by atoms with Gasteiger partial charge in [0.05, 0.1) is 28.8 Å². The number of nitriles is 1. The zero-order valence-corrected chi connectivity index (χ0v) is 14.0. The highest BCUT2D eigenvalue weighted by molar-refractivity contribution is 5.95. The van der Waals surface area contributed by atoms with E-state index in [-0.39, 0.29) is 18.4 Å². The predicted molar refractivity (Wildman–Crippen MR) is 88.7 cm³/mol. The van der Waals surface area contributed by atoms with Crippen molar-refractivity contribution >= 4 is 17.6 Å². The van der Waals surface area contributed by atoms with Crippen LogP contribution in [0.5, 0.6) is 5.75 Å². The molecule has 6 heteroatoms. The number of hydrogen-bond acceptors (Lipinski definition) is 4. The number of nitrogens with zero attached hydrogens (tertiary/aromatic N) is 1. The molecule has 0 heterocycles. The Morgan fingerprint density at radius 3 is 2.58 bits per heavy atom. The van der Waals surface area contributed by atoms with Crippen molar-refractivity contribution in [1.82, 2.24) is 0 Å². The Balaban J connectivity index is 2.18. The summed E-state index contributed by atoms with van der Waals surface area (Å²) in [6.07, 6.45) is 2.53. The van der Waals surface area contributed by atoms with Crippen molar-refractivity contribution in [2.75, 3.05) is 5.32 Å². The number of carbonyl (C=O) groups is 2. The standard InChI is InChI=1S/C18H22N2O4/c1-12(2)24-15-6-5-13(11-19)9-14(15)20-16(21)10-18(17(22)23)7-3-4-8-18/h5-6,9,12H,3-4,7-8,10H2,1-2H3,(H,20,21)(H,22,23). The number of benzene rings is 1. The highest BCUT2D eigenvalue weighted by Crippen LogP contribution is 2.41. The van der Waals surface area contributed by atoms with E-state index >= 15 is 0 Å². The fourth-order valence-electron chi connectivity index (χ4n) is 3.07. The van der Waals surface area contributed by atoms with Crippen molar-refractivity contribution in [3.8, 4) is 11.8 Å². The molecule has 0 aliphatic heterocycles. The Morgan fingerprint density at radius 2 is 2.04 bits per heavy atom. The smallest absolute Gasteiger partial charge is 0.310 e. The molecule has 0 bridgehead atoms. The molecule has 0 aromatic heterocycles. The quantitative estimate of drug-likeness (QED) is 0.833. The Hall–Kier alpha value is -2.55. The summed E-state index contributed by atoms with van der Waals surface area (Å²) in [5, 5.41) is 21.2. The van der Waals surface area contributed by atoms with E-state index in [9.17, 15) is 14.7 Å². The van der Waals surface area contributed by atoms with Gasteiger partial charge < -0.3 is 15.2 Å². The minimum Gasteiger partial charge on any atom is -0.489 e. The van der Waals surface area contributed by atoms with E-state index in [2.05, 4.69) is 5.32 Å². The third kappa shape index (κ3) is 4.05. The summed E-state index contributed by atoms with van der Waals surface area (Å²) in [7, 11) is 0. The second-order valence-corrected chi connectivity index (χ2v) is 6.51. The number of rotatable bonds is 6. The second kappa shape index (κ2) is 7.35. The van der Waals surface area contributed by atoms with Gasteiger partial charge in [-0.25, -0.2) is 0 Å². The molecule has 1 amide bonds. The van der Waals surface area contributed by atoms with Crippen LogP contribution in [0.1, 0.15) is 51.5 Å². The molecule has 2 N–H and O–H groups in total. The van der Waals surface area contributed by atoms with Gasteiger partial charge in [-0.3, -0.25) is 9.59 Å². The van der Waals surface area contributed by atoms with Crippen LogP contribution in [0.15, 0.2) is 18.2 Å². The van der Waals surface area contributed by atoms with Crippen molar-refractivity contribution in [2.24, 2.45) is 5.41 Å². The van der Waals surface area contributed by atoms with Crippen LogP contribution in [-0.2, 0) is 9.59 Å². The van der Waals surface area contributed by atoms with E-state index in [1.165, 1.54) is 6.07 Å². The van der Waals surface area contributed by atoms with Crippen molar-refractivity contribution in [3.05, 3.63) is 23.8 Å². The lowest BCUT2D eigenvalue weighted by Crippen LogP contribution is -2.32. The summed E-state index contributed by atoms with van der Waals surface area (Å²) in [6.45, 7) is 3.73. The van der Waals surface area contributed by atoms with E-state index in [0.29, 0.717) is 29.8 Å². The fraction of sp³-hybridized carbons (Fsp3) is 0.500. The Kier molecular flexibility index (Phi) is 5.45. The Bertz CT molecular complexity index is 670. The molecule has 1 aromatic carbocycles. The van der Waals surface area contributed by atoms with Gasteiger partial charge in [-0.05, 0) is 44.9 Å². The maximum absolute atomic E-state index is 12.4. The molecule has 1 aliphatic rings. The number of anilines is 1. The molecule has 2 rings (SSSR count). The van der Waals surface area contributed by atoms with E-state index in [1.54, 1.807) is 12.1 Å². The zero-order valence-electron chi connectivity index (χ0n) is 14.0. The van der Waals surface area contributed by atoms with Crippen LogP contribution >= 0.6 is 0 Å². The summed E-state index contributed by atoms with van der Waals surface area (Å²) in [4.78, 5) is 24.0. The number of carbonyl (C=O) groups excluding carboxylic acids is 1. The van der Waals surface area contributed by atoms with Crippen molar-refractivity contribution in [3.63, 3.8) is 0 Å². The average Bonchev–Trinajstić information content (AvgIpc) is 2.98. The predicted octanol–water partition coefficient (Wildman–Crippen LogP) is 3.32. The highest BCUT2D eigenvalue weighted by Gasteiger charge is 2.43. The van der Waals surface area contributed by atoms with Crippen molar-refractivity contribution < 1.29 is 19.4 Å². The van der Waals surface area contributed by atoms with Gasteiger partial charge in [-0.1, -0.05) is 12.8 Å². The number of carboxylic acids is 1. The summed E-state index contributed by atoms with van der Waals surface area (Å²) in [6, 6.07) is 6.81. The lowest BCUT2D eigenvalue weighted by Gasteiger charge is -2.23. The zero-order chi connectivity index (χ0) is 17.7. The second-order valence-electron chi connectivity index (χ2n) is 6.51. The van der Waals surface area contributed by atoms with Gasteiger partial charge in [-0.2, -0.15) is 5.26 Å². The minimum atomic E-state index is -0.976. The van der Waals surface area contributed by atoms with Crippen LogP contribution in [0.2, 0.25) is 0 Å². The molecule has 24 heavy (non-hydrogen) atoms. The lowest BCUT2D eigenvalue weighted by atomic mass is 9.82. The molecule has 0 spiro atoms. The Morgan fingerprint density at radius 1 is 1.38 bits per heavy atom. The summed E-state index contributed by atoms with van der Waals surface area (Å²) >= 11 is 0. The highest BCUT2D eigenvalue weighted by atomic mass is 16.5. The number of hydrogen-bond donors (Lipinski definition) is 2. The van der Waals surface area contributed by atoms with Crippen molar-refractivity contribution in [2.45, 2.75) is 52.1 Å². The first kappa shape index (κ1) is 17.8. The van der Waals surface area contributed by atoms with Crippen LogP contribution in [0.3, 0.4) is 0 Å². The molecule has 1 saturated carbocycles. The van der Waals surface area contributed by atoms with Gasteiger partial charge in [0.25, 0.3) is 0 Å². The fourth-order valence-corrected chi connectivity index (χ4v) is 3.07. The lowest BCUT2D eigenvalue weighted by molar-refractivity contribution is -0.150. The first-order valence-electron chi connectivity index (χ1n) is 8.10. The number of nitrogens with one attached hydrogen (secondary N) is 1. The molecular weight excluding hydrogens is 308 g/mol. The number of aliphatic carboxylic acids is 1. The Labute approximate surface area is 141 Å². The molecule has 0 saturated heterocycles. The molecule has 1 aliphatic carbocycles. The first-order valence-corrected chi connectivity index (χ1v) is 8.10. The normalized spacial score (nSPS) is 15.8. The molecule has 128 valence electrons. The van der Waals surface area contributed by atoms with Gasteiger partial charge in [0, 0.05) is 6.42 Å². The average molecular weight is 330 g/mol. The summed E-state index contributed by atoms with van der Waals surface area (Å²) in [5.74, 6) is -0.823. The van der Waals surface area contributed by atoms with Crippen LogP contribution < -0.4 is 10.1 Å². The molecular formula is C18H22N2O4. The SMILES string of the molecule is CC(C)Oc1ccc(C#N)cc1NC(=O)CC1(C(=O)O)CCCC1. The maximum Gasteiger partial charge on any atom is 0.310 e. The molecule has 0 radical (unpaired) electrons. The topological polar surface area (TPSA) is 99.4 Å². The maximum atomic E-state index is 12.4. The number of ether oxygens (including phenoxy) is 1. The third-order valence-electron chi connectivity index (χ3n) is 4.26. The van der Waals surface area contributed by atoms with Crippen LogP contribution in [-0.4, -0.2) is 23.1 Å². The van der Waals surface area contributed by atoms with Crippen molar-refractivity contribution in [1.29, 1.82) is 5.26 Å². The van der Waals surface area contributed by atoms with E-state index in [1.807, 2.05) is 19.9 Å². The molecule has 1 fully saturated rings. The third-order valence-corrected chi connectivity index (χ3v) is 4.26. The van der Waals surface area contributed by atoms with Crippen LogP contribution in [0, 0.1) is 16.7 Å². The van der Waals surface area contributed by atoms with Gasteiger partial charge in [-0.15, -0.1) is 0 Å². The minimum absolute atomic E-state index is 0.0692. The van der Waals surface area contributed by atoms with E-state index < -0.39 is 11.4 Å². The van der Waals surface area contributed by atoms with Crippen LogP contribution in [0.4, 0.5) is 5.69 Å². The molecule has 0 unspecified atom stereocenters. The number of amides is 1. The monoisotopic (exact) mass is 330 g/mol. The van der Waals surface area contributed by atoms with Gasteiger partial charge in [0.2, 0.25) is 5.91 Å². The van der Waals surface area contributed by atoms with E-state index in [0.717, 1.165) is 12.8 Å². The largest absolute Gasteiger partial charge is 0.489 e. The van der Waals surface area contributed by atoms with Gasteiger partial charge in [0.15, 0.2) is 0 Å². The summed E-state index contributed by atoms with van der Waals surface area (Å²) in [5.41, 5.74) is -0.183. The van der Waals surface area contributed by atoms with E-state index in [4.69, 9.17) is 10.00 Å². The van der Waals surface area contributed by atoms with Gasteiger partial charge in [0.1, 0.15) is 5.75 Å². The molecule has 1 aromatic rings. The molecule has 0 atom stereocenters. The first-order chi connectivity index (χ1) is 11.4. The molecule has 6 nitrogen and oxygen atoms in total. The summed E-state index contributed by atoms with van der Waals surface area (Å²) < 4.78 is 5.65. The van der Waals surface area contributed by atoms with Crippen LogP contribution in [0.25, 0.3) is 0 Å². The number of carboxylic acid groups (broad SMARTS) is 1. The van der Waals surface area contributed by atoms with Gasteiger partial charge >= 0.3 is 5.97 Å².